The Morgan fingerprint density at radius 1 is 1.07 bits per heavy atom. The summed E-state index contributed by atoms with van der Waals surface area (Å²) >= 11 is 3.54. The summed E-state index contributed by atoms with van der Waals surface area (Å²) in [5.74, 6) is 0.0488. The topological polar surface area (TPSA) is 58.6 Å². The van der Waals surface area contributed by atoms with Gasteiger partial charge in [-0.3, -0.25) is 9.59 Å². The van der Waals surface area contributed by atoms with E-state index in [0.29, 0.717) is 25.2 Å². The maximum atomic E-state index is 13.1. The second-order valence-electron chi connectivity index (χ2n) is 7.71. The Labute approximate surface area is 179 Å². The molecule has 2 aliphatic heterocycles. The third-order valence-electron chi connectivity index (χ3n) is 5.84. The number of nitrogens with one attached hydrogen (secondary N) is 1. The summed E-state index contributed by atoms with van der Waals surface area (Å²) in [4.78, 5) is 27.0. The lowest BCUT2D eigenvalue weighted by Crippen LogP contribution is -2.49. The number of carbonyl (C=O) groups excluding carboxylic acids is 2. The molecule has 0 aromatic heterocycles. The first kappa shape index (κ1) is 20.1. The van der Waals surface area contributed by atoms with E-state index in [2.05, 4.69) is 33.4 Å². The number of halogens is 1. The van der Waals surface area contributed by atoms with Crippen LogP contribution in [0.25, 0.3) is 0 Å². The Kier molecular flexibility index (Phi) is 6.01. The molecule has 2 heterocycles. The van der Waals surface area contributed by atoms with E-state index < -0.39 is 5.54 Å². The van der Waals surface area contributed by atoms with Crippen LogP contribution in [0.1, 0.15) is 48.0 Å². The van der Waals surface area contributed by atoms with E-state index in [0.717, 1.165) is 48.0 Å². The number of anilines is 1. The summed E-state index contributed by atoms with van der Waals surface area (Å²) in [6.07, 6.45) is 4.03. The van der Waals surface area contributed by atoms with Crippen molar-refractivity contribution >= 4 is 33.4 Å². The number of hydrogen-bond donors (Lipinski definition) is 1. The number of piperidine rings is 1. The Hall–Kier alpha value is -2.18. The van der Waals surface area contributed by atoms with Gasteiger partial charge in [-0.05, 0) is 67.6 Å². The van der Waals surface area contributed by atoms with E-state index in [1.54, 1.807) is 12.1 Å². The highest BCUT2D eigenvalue weighted by Gasteiger charge is 2.36. The molecule has 2 amide bonds. The molecule has 2 aromatic carbocycles. The van der Waals surface area contributed by atoms with E-state index in [4.69, 9.17) is 4.74 Å². The third kappa shape index (κ3) is 4.38. The molecule has 2 saturated heterocycles. The standard InChI is InChI=1S/C23H25BrN2O3/c24-19-5-3-4-18(16-19)23(11-14-29-15-12-23)25-22(28)17-7-9-20(10-8-17)26-13-2-1-6-21(26)27/h3-5,7-10,16H,1-2,6,11-15H2,(H,25,28). The largest absolute Gasteiger partial charge is 0.381 e. The van der Waals surface area contributed by atoms with Gasteiger partial charge in [0.2, 0.25) is 5.91 Å². The first-order valence-electron chi connectivity index (χ1n) is 10.1. The molecule has 0 aliphatic carbocycles. The number of nitrogens with zero attached hydrogens (tertiary/aromatic N) is 1. The number of carbonyl (C=O) groups is 2. The molecule has 4 rings (SSSR count). The van der Waals surface area contributed by atoms with Gasteiger partial charge in [0.1, 0.15) is 0 Å². The van der Waals surface area contributed by atoms with Crippen LogP contribution in [0.15, 0.2) is 53.0 Å². The van der Waals surface area contributed by atoms with Crippen LogP contribution >= 0.6 is 15.9 Å². The van der Waals surface area contributed by atoms with Crippen LogP contribution in [0.4, 0.5) is 5.69 Å². The summed E-state index contributed by atoms with van der Waals surface area (Å²) in [6.45, 7) is 1.97. The van der Waals surface area contributed by atoms with Gasteiger partial charge in [-0.2, -0.15) is 0 Å². The van der Waals surface area contributed by atoms with Crippen molar-refractivity contribution < 1.29 is 14.3 Å². The Bertz CT molecular complexity index is 891. The summed E-state index contributed by atoms with van der Waals surface area (Å²) in [5.41, 5.74) is 2.10. The molecular weight excluding hydrogens is 432 g/mol. The van der Waals surface area contributed by atoms with Gasteiger partial charge < -0.3 is 15.0 Å². The lowest BCUT2D eigenvalue weighted by molar-refractivity contribution is -0.119. The molecule has 5 nitrogen and oxygen atoms in total. The van der Waals surface area contributed by atoms with E-state index in [9.17, 15) is 9.59 Å². The molecule has 0 radical (unpaired) electrons. The van der Waals surface area contributed by atoms with Crippen molar-refractivity contribution in [3.05, 3.63) is 64.1 Å². The number of hydrogen-bond acceptors (Lipinski definition) is 3. The van der Waals surface area contributed by atoms with Crippen molar-refractivity contribution in [3.8, 4) is 0 Å². The predicted molar refractivity (Wildman–Crippen MR) is 116 cm³/mol. The van der Waals surface area contributed by atoms with Crippen LogP contribution in [-0.4, -0.2) is 31.6 Å². The number of amides is 2. The zero-order chi connectivity index (χ0) is 20.3. The fraction of sp³-hybridized carbons (Fsp3) is 0.391. The Morgan fingerprint density at radius 3 is 2.52 bits per heavy atom. The van der Waals surface area contributed by atoms with Crippen molar-refractivity contribution in [1.82, 2.24) is 5.32 Å². The van der Waals surface area contributed by atoms with Crippen molar-refractivity contribution in [1.29, 1.82) is 0 Å². The fourth-order valence-corrected chi connectivity index (χ4v) is 4.55. The lowest BCUT2D eigenvalue weighted by Gasteiger charge is -2.38. The van der Waals surface area contributed by atoms with E-state index in [1.165, 1.54) is 0 Å². The van der Waals surface area contributed by atoms with Crippen LogP contribution in [-0.2, 0) is 15.1 Å². The highest BCUT2D eigenvalue weighted by molar-refractivity contribution is 9.10. The molecular formula is C23H25BrN2O3. The molecule has 152 valence electrons. The van der Waals surface area contributed by atoms with Crippen LogP contribution in [0.5, 0.6) is 0 Å². The molecule has 0 saturated carbocycles. The Morgan fingerprint density at radius 2 is 1.83 bits per heavy atom. The lowest BCUT2D eigenvalue weighted by atomic mass is 9.82. The minimum Gasteiger partial charge on any atom is -0.381 e. The third-order valence-corrected chi connectivity index (χ3v) is 6.33. The van der Waals surface area contributed by atoms with Gasteiger partial charge in [0.25, 0.3) is 5.91 Å². The van der Waals surface area contributed by atoms with Crippen LogP contribution in [0.2, 0.25) is 0 Å². The van der Waals surface area contributed by atoms with Crippen molar-refractivity contribution in [2.75, 3.05) is 24.7 Å². The van der Waals surface area contributed by atoms with Crippen molar-refractivity contribution in [3.63, 3.8) is 0 Å². The van der Waals surface area contributed by atoms with Crippen LogP contribution < -0.4 is 10.2 Å². The molecule has 1 N–H and O–H groups in total. The van der Waals surface area contributed by atoms with Crippen LogP contribution in [0.3, 0.4) is 0 Å². The highest BCUT2D eigenvalue weighted by Crippen LogP contribution is 2.34. The zero-order valence-electron chi connectivity index (χ0n) is 16.3. The summed E-state index contributed by atoms with van der Waals surface area (Å²) < 4.78 is 6.55. The molecule has 0 spiro atoms. The van der Waals surface area contributed by atoms with Gasteiger partial charge in [-0.25, -0.2) is 0 Å². The van der Waals surface area contributed by atoms with Gasteiger partial charge in [-0.15, -0.1) is 0 Å². The first-order chi connectivity index (χ1) is 14.1. The number of benzene rings is 2. The monoisotopic (exact) mass is 456 g/mol. The molecule has 0 unspecified atom stereocenters. The minimum atomic E-state index is -0.444. The van der Waals surface area contributed by atoms with Gasteiger partial charge in [0.15, 0.2) is 0 Å². The average Bonchev–Trinajstić information content (AvgIpc) is 2.75. The average molecular weight is 457 g/mol. The fourth-order valence-electron chi connectivity index (χ4n) is 4.15. The number of ether oxygens (including phenoxy) is 1. The maximum Gasteiger partial charge on any atom is 0.251 e. The molecule has 29 heavy (non-hydrogen) atoms. The molecule has 0 bridgehead atoms. The molecule has 2 aliphatic rings. The summed E-state index contributed by atoms with van der Waals surface area (Å²) in [6, 6.07) is 15.5. The van der Waals surface area contributed by atoms with Gasteiger partial charge >= 0.3 is 0 Å². The Balaban J connectivity index is 1.54. The summed E-state index contributed by atoms with van der Waals surface area (Å²) in [5, 5.41) is 3.28. The second kappa shape index (κ2) is 8.67. The predicted octanol–water partition coefficient (Wildman–Crippen LogP) is 4.40. The maximum absolute atomic E-state index is 13.1. The van der Waals surface area contributed by atoms with E-state index in [1.807, 2.05) is 29.2 Å². The molecule has 2 fully saturated rings. The molecule has 0 atom stereocenters. The smallest absolute Gasteiger partial charge is 0.251 e. The van der Waals surface area contributed by atoms with E-state index >= 15 is 0 Å². The quantitative estimate of drug-likeness (QED) is 0.741. The number of rotatable bonds is 4. The second-order valence-corrected chi connectivity index (χ2v) is 8.62. The van der Waals surface area contributed by atoms with Crippen molar-refractivity contribution in [2.45, 2.75) is 37.6 Å². The molecule has 2 aromatic rings. The van der Waals surface area contributed by atoms with Gasteiger partial charge in [0.05, 0.1) is 5.54 Å². The van der Waals surface area contributed by atoms with Crippen LogP contribution in [0, 0.1) is 0 Å². The SMILES string of the molecule is O=C(NC1(c2cccc(Br)c2)CCOCC1)c1ccc(N2CCCCC2=O)cc1. The minimum absolute atomic E-state index is 0.108. The first-order valence-corrected chi connectivity index (χ1v) is 10.9. The van der Waals surface area contributed by atoms with E-state index in [-0.39, 0.29) is 11.8 Å². The summed E-state index contributed by atoms with van der Waals surface area (Å²) in [7, 11) is 0. The molecule has 6 heteroatoms. The normalized spacial score (nSPS) is 19.1. The van der Waals surface area contributed by atoms with Gasteiger partial charge in [-0.1, -0.05) is 28.1 Å². The zero-order valence-corrected chi connectivity index (χ0v) is 17.9. The van der Waals surface area contributed by atoms with Gasteiger partial charge in [0, 0.05) is 41.9 Å². The highest BCUT2D eigenvalue weighted by atomic mass is 79.9. The van der Waals surface area contributed by atoms with Crippen molar-refractivity contribution in [2.24, 2.45) is 0 Å².